The summed E-state index contributed by atoms with van der Waals surface area (Å²) in [6, 6.07) is 11.9. The average Bonchev–Trinajstić information content (AvgIpc) is 3.33. The summed E-state index contributed by atoms with van der Waals surface area (Å²) in [5.41, 5.74) is 3.88. The zero-order valence-corrected chi connectivity index (χ0v) is 21.5. The lowest BCUT2D eigenvalue weighted by Gasteiger charge is -2.44. The molecule has 1 saturated heterocycles. The number of carbonyl (C=O) groups excluding carboxylic acids is 2. The third kappa shape index (κ3) is 3.58. The van der Waals surface area contributed by atoms with Gasteiger partial charge in [0.2, 0.25) is 0 Å². The molecule has 0 radical (unpaired) electrons. The number of likely N-dealkylation sites (tertiary alicyclic amines) is 1. The summed E-state index contributed by atoms with van der Waals surface area (Å²) in [7, 11) is 0. The Labute approximate surface area is 220 Å². The van der Waals surface area contributed by atoms with Gasteiger partial charge in [0, 0.05) is 24.0 Å². The molecule has 7 rings (SSSR count). The van der Waals surface area contributed by atoms with Gasteiger partial charge >= 0.3 is 6.03 Å². The number of fused-ring (bicyclic) bond motifs is 6. The minimum Gasteiger partial charge on any atom is -0.450 e. The minimum atomic E-state index is -0.527. The highest BCUT2D eigenvalue weighted by molar-refractivity contribution is 6.35. The van der Waals surface area contributed by atoms with Crippen molar-refractivity contribution in [3.63, 3.8) is 0 Å². The zero-order valence-electron chi connectivity index (χ0n) is 20.7. The van der Waals surface area contributed by atoms with Crippen molar-refractivity contribution in [2.75, 3.05) is 25.0 Å². The Morgan fingerprint density at radius 3 is 2.62 bits per heavy atom. The van der Waals surface area contributed by atoms with Crippen molar-refractivity contribution in [1.29, 1.82) is 0 Å². The third-order valence-corrected chi connectivity index (χ3v) is 9.16. The quantitative estimate of drug-likeness (QED) is 0.408. The lowest BCUT2D eigenvalue weighted by Crippen LogP contribution is -2.52. The van der Waals surface area contributed by atoms with Crippen LogP contribution in [-0.2, 0) is 22.3 Å². The molecule has 3 aromatic rings. The number of nitrogens with zero attached hydrogens (tertiary/aromatic N) is 1. The van der Waals surface area contributed by atoms with Crippen molar-refractivity contribution < 1.29 is 18.7 Å². The number of carbonyl (C=O) groups is 2. The molecule has 3 amide bonds. The number of piperidine rings is 1. The zero-order chi connectivity index (χ0) is 25.2. The van der Waals surface area contributed by atoms with Gasteiger partial charge in [0.05, 0.1) is 28.5 Å². The normalized spacial score (nSPS) is 21.9. The number of amides is 3. The van der Waals surface area contributed by atoms with Crippen molar-refractivity contribution in [2.24, 2.45) is 0 Å². The van der Waals surface area contributed by atoms with Crippen molar-refractivity contribution in [2.45, 2.75) is 62.5 Å². The van der Waals surface area contributed by atoms with Gasteiger partial charge in [-0.3, -0.25) is 4.79 Å². The van der Waals surface area contributed by atoms with E-state index < -0.39 is 5.54 Å². The van der Waals surface area contributed by atoms with E-state index in [1.807, 2.05) is 4.90 Å². The van der Waals surface area contributed by atoms with Gasteiger partial charge in [-0.2, -0.15) is 0 Å². The summed E-state index contributed by atoms with van der Waals surface area (Å²) in [5.74, 6) is 0.189. The van der Waals surface area contributed by atoms with Crippen LogP contribution in [0.25, 0.3) is 11.0 Å². The van der Waals surface area contributed by atoms with E-state index in [0.717, 1.165) is 62.3 Å². The second-order valence-corrected chi connectivity index (χ2v) is 11.3. The highest BCUT2D eigenvalue weighted by Crippen LogP contribution is 2.49. The van der Waals surface area contributed by atoms with Crippen LogP contribution in [0.4, 0.5) is 10.5 Å². The molecular weight excluding hydrogens is 490 g/mol. The van der Waals surface area contributed by atoms with Crippen molar-refractivity contribution >= 4 is 40.2 Å². The summed E-state index contributed by atoms with van der Waals surface area (Å²) >= 11 is 6.66. The second-order valence-electron chi connectivity index (χ2n) is 10.9. The average molecular weight is 520 g/mol. The first-order chi connectivity index (χ1) is 18.0. The van der Waals surface area contributed by atoms with Gasteiger partial charge < -0.3 is 24.7 Å². The van der Waals surface area contributed by atoms with Crippen LogP contribution in [0.2, 0.25) is 5.02 Å². The van der Waals surface area contributed by atoms with Crippen LogP contribution in [0.3, 0.4) is 0 Å². The fourth-order valence-corrected chi connectivity index (χ4v) is 7.31. The molecule has 0 unspecified atom stereocenters. The molecule has 192 valence electrons. The summed E-state index contributed by atoms with van der Waals surface area (Å²) in [5, 5.41) is 7.31. The van der Waals surface area contributed by atoms with E-state index in [4.69, 9.17) is 20.8 Å². The fourth-order valence-electron chi connectivity index (χ4n) is 7.05. The Balaban J connectivity index is 1.20. The predicted molar refractivity (Wildman–Crippen MR) is 141 cm³/mol. The smallest absolute Gasteiger partial charge is 0.319 e. The maximum Gasteiger partial charge on any atom is 0.319 e. The molecule has 2 fully saturated rings. The Kier molecular flexibility index (Phi) is 5.31. The number of halogens is 1. The van der Waals surface area contributed by atoms with Crippen LogP contribution in [0.5, 0.6) is 0 Å². The molecule has 4 heterocycles. The molecule has 2 aromatic carbocycles. The highest BCUT2D eigenvalue weighted by atomic mass is 35.5. The molecule has 37 heavy (non-hydrogen) atoms. The molecule has 2 N–H and O–H groups in total. The van der Waals surface area contributed by atoms with Crippen molar-refractivity contribution in [3.8, 4) is 0 Å². The monoisotopic (exact) mass is 519 g/mol. The largest absolute Gasteiger partial charge is 0.450 e. The molecule has 2 spiro atoms. The lowest BCUT2D eigenvalue weighted by atomic mass is 9.74. The van der Waals surface area contributed by atoms with Crippen LogP contribution in [0, 0.1) is 0 Å². The number of furan rings is 1. The lowest BCUT2D eigenvalue weighted by molar-refractivity contribution is -0.0936. The Hall–Kier alpha value is -3.03. The molecule has 4 aliphatic rings. The SMILES string of the molecule is O=C1Nc2c(Cl)cc3cc(C(=O)N4CCC5(CC4)OCCc4ccccc45)oc3c2C2(CCCCC2)N1. The van der Waals surface area contributed by atoms with Crippen LogP contribution in [0.15, 0.2) is 40.8 Å². The Morgan fingerprint density at radius 2 is 1.81 bits per heavy atom. The van der Waals surface area contributed by atoms with Crippen molar-refractivity contribution in [3.05, 3.63) is 63.9 Å². The first kappa shape index (κ1) is 23.1. The molecule has 7 nitrogen and oxygen atoms in total. The first-order valence-electron chi connectivity index (χ1n) is 13.4. The minimum absolute atomic E-state index is 0.120. The second kappa shape index (κ2) is 8.50. The molecular formula is C29H30ClN3O4. The molecule has 1 saturated carbocycles. The van der Waals surface area contributed by atoms with Crippen LogP contribution < -0.4 is 10.6 Å². The molecule has 3 aliphatic heterocycles. The fraction of sp³-hybridized carbons (Fsp3) is 0.448. The standard InChI is InChI=1S/C29H30ClN3O4/c30-21-16-19-17-22(37-25(19)23-24(21)31-27(35)32-28(23)9-4-1-5-10-28)26(34)33-13-11-29(12-14-33)20-7-3-2-6-18(20)8-15-36-29/h2-3,6-7,16-17H,1,4-5,8-15H2,(H2,31,32,35). The van der Waals surface area contributed by atoms with E-state index in [-0.39, 0.29) is 17.5 Å². The molecule has 8 heteroatoms. The summed E-state index contributed by atoms with van der Waals surface area (Å²) in [6.07, 6.45) is 7.26. The maximum absolute atomic E-state index is 13.6. The topological polar surface area (TPSA) is 83.8 Å². The number of nitrogens with one attached hydrogen (secondary N) is 2. The van der Waals surface area contributed by atoms with Crippen LogP contribution in [0.1, 0.15) is 72.2 Å². The maximum atomic E-state index is 13.6. The van der Waals surface area contributed by atoms with Gasteiger partial charge in [0.1, 0.15) is 5.58 Å². The van der Waals surface area contributed by atoms with Gasteiger partial charge in [-0.25, -0.2) is 4.79 Å². The van der Waals surface area contributed by atoms with Crippen LogP contribution >= 0.6 is 11.6 Å². The van der Waals surface area contributed by atoms with Gasteiger partial charge in [-0.1, -0.05) is 55.1 Å². The van der Waals surface area contributed by atoms with Crippen molar-refractivity contribution in [1.82, 2.24) is 10.2 Å². The van der Waals surface area contributed by atoms with Gasteiger partial charge in [0.15, 0.2) is 5.76 Å². The van der Waals surface area contributed by atoms with E-state index >= 15 is 0 Å². The third-order valence-electron chi connectivity index (χ3n) is 8.86. The van der Waals surface area contributed by atoms with Crippen LogP contribution in [-0.4, -0.2) is 36.5 Å². The van der Waals surface area contributed by atoms with E-state index in [2.05, 4.69) is 34.9 Å². The van der Waals surface area contributed by atoms with E-state index in [9.17, 15) is 9.59 Å². The Bertz CT molecular complexity index is 1420. The molecule has 1 aromatic heterocycles. The highest BCUT2D eigenvalue weighted by Gasteiger charge is 2.45. The van der Waals surface area contributed by atoms with E-state index in [0.29, 0.717) is 41.7 Å². The predicted octanol–water partition coefficient (Wildman–Crippen LogP) is 6.08. The first-order valence-corrected chi connectivity index (χ1v) is 13.7. The molecule has 1 aliphatic carbocycles. The van der Waals surface area contributed by atoms with E-state index in [1.54, 1.807) is 12.1 Å². The molecule has 0 bridgehead atoms. The van der Waals surface area contributed by atoms with E-state index in [1.165, 1.54) is 11.1 Å². The van der Waals surface area contributed by atoms with Gasteiger partial charge in [-0.05, 0) is 55.4 Å². The summed E-state index contributed by atoms with van der Waals surface area (Å²) in [4.78, 5) is 28.0. The Morgan fingerprint density at radius 1 is 1.03 bits per heavy atom. The number of hydrogen-bond donors (Lipinski definition) is 2. The number of anilines is 1. The number of ether oxygens (including phenoxy) is 1. The number of rotatable bonds is 1. The van der Waals surface area contributed by atoms with Gasteiger partial charge in [0.25, 0.3) is 5.91 Å². The number of benzene rings is 2. The summed E-state index contributed by atoms with van der Waals surface area (Å²) in [6.45, 7) is 1.92. The number of urea groups is 1. The number of hydrogen-bond acceptors (Lipinski definition) is 4. The molecule has 0 atom stereocenters. The summed E-state index contributed by atoms with van der Waals surface area (Å²) < 4.78 is 12.7. The van der Waals surface area contributed by atoms with Gasteiger partial charge in [-0.15, -0.1) is 0 Å².